The summed E-state index contributed by atoms with van der Waals surface area (Å²) in [7, 11) is 0. The van der Waals surface area contributed by atoms with Crippen molar-refractivity contribution >= 4 is 5.69 Å². The van der Waals surface area contributed by atoms with E-state index >= 15 is 0 Å². The molecule has 1 fully saturated rings. The minimum atomic E-state index is -0.310. The van der Waals surface area contributed by atoms with Gasteiger partial charge in [0.15, 0.2) is 0 Å². The molecule has 2 aromatic rings. The van der Waals surface area contributed by atoms with Gasteiger partial charge in [0.1, 0.15) is 38.8 Å². The molecule has 0 radical (unpaired) electrons. The van der Waals surface area contributed by atoms with E-state index < -0.39 is 0 Å². The van der Waals surface area contributed by atoms with Crippen LogP contribution >= 0.6 is 0 Å². The molecule has 1 aliphatic rings. The molecule has 1 aliphatic heterocycles. The van der Waals surface area contributed by atoms with Crippen LogP contribution in [0.25, 0.3) is 0 Å². The summed E-state index contributed by atoms with van der Waals surface area (Å²) in [5, 5.41) is 11.0. The Morgan fingerprint density at radius 3 is 2.48 bits per heavy atom. The fourth-order valence-corrected chi connectivity index (χ4v) is 3.79. The van der Waals surface area contributed by atoms with Crippen molar-refractivity contribution in [2.75, 3.05) is 26.2 Å². The third-order valence-electron chi connectivity index (χ3n) is 5.33. The zero-order valence-corrected chi connectivity index (χ0v) is 15.0. The molecule has 3 rings (SSSR count). The average molecular weight is 341 g/mol. The smallest absolute Gasteiger partial charge is 0.269 e. The summed E-state index contributed by atoms with van der Waals surface area (Å²) in [4.78, 5) is 13.8. The second kappa shape index (κ2) is 7.76. The lowest BCUT2D eigenvalue weighted by Gasteiger charge is -2.33. The van der Waals surface area contributed by atoms with Crippen LogP contribution < -0.4 is 9.80 Å². The molecule has 2 N–H and O–H groups in total. The summed E-state index contributed by atoms with van der Waals surface area (Å²) >= 11 is 0. The topological polar surface area (TPSA) is 52.0 Å². The Morgan fingerprint density at radius 2 is 1.80 bits per heavy atom. The van der Waals surface area contributed by atoms with Gasteiger partial charge in [-0.2, -0.15) is 0 Å². The van der Waals surface area contributed by atoms with Crippen molar-refractivity contribution in [3.8, 4) is 0 Å². The van der Waals surface area contributed by atoms with Crippen LogP contribution in [-0.2, 0) is 6.54 Å². The molecule has 25 heavy (non-hydrogen) atoms. The summed E-state index contributed by atoms with van der Waals surface area (Å²) in [5.74, 6) is 0. The van der Waals surface area contributed by atoms with Crippen LogP contribution in [0, 0.1) is 17.0 Å². The minimum Gasteiger partial charge on any atom is -0.322 e. The minimum absolute atomic E-state index is 0.187. The first-order valence-electron chi connectivity index (χ1n) is 9.01. The van der Waals surface area contributed by atoms with Gasteiger partial charge in [0.2, 0.25) is 0 Å². The molecule has 0 unspecified atom stereocenters. The summed E-state index contributed by atoms with van der Waals surface area (Å²) in [6, 6.07) is 16.2. The van der Waals surface area contributed by atoms with E-state index in [1.54, 1.807) is 23.1 Å². The lowest BCUT2D eigenvalue weighted by Crippen LogP contribution is -3.27. The fourth-order valence-electron chi connectivity index (χ4n) is 3.79. The third-order valence-corrected chi connectivity index (χ3v) is 5.33. The van der Waals surface area contributed by atoms with Crippen LogP contribution in [0.15, 0.2) is 48.5 Å². The van der Waals surface area contributed by atoms with Crippen molar-refractivity contribution in [1.29, 1.82) is 0 Å². The highest BCUT2D eigenvalue weighted by molar-refractivity contribution is 5.35. The predicted molar refractivity (Wildman–Crippen MR) is 97.8 cm³/mol. The summed E-state index contributed by atoms with van der Waals surface area (Å²) < 4.78 is 0. The van der Waals surface area contributed by atoms with E-state index in [1.165, 1.54) is 16.0 Å². The number of hydrogen-bond donors (Lipinski definition) is 2. The van der Waals surface area contributed by atoms with Crippen molar-refractivity contribution in [3.05, 3.63) is 75.3 Å². The maximum atomic E-state index is 11.0. The predicted octanol–water partition coefficient (Wildman–Crippen LogP) is 0.948. The lowest BCUT2D eigenvalue weighted by atomic mass is 10.0. The Balaban J connectivity index is 1.58. The Kier molecular flexibility index (Phi) is 5.46. The SMILES string of the molecule is Cc1cccc(C[NH+]2CC[NH+]([C@H](C)c3cccc([N+](=O)[O-])c3)CC2)c1. The average Bonchev–Trinajstić information content (AvgIpc) is 2.62. The van der Waals surface area contributed by atoms with Crippen molar-refractivity contribution in [2.45, 2.75) is 26.4 Å². The van der Waals surface area contributed by atoms with E-state index in [0.29, 0.717) is 6.04 Å². The van der Waals surface area contributed by atoms with Gasteiger partial charge in [-0.25, -0.2) is 0 Å². The van der Waals surface area contributed by atoms with Crippen LogP contribution in [0.5, 0.6) is 0 Å². The molecule has 0 aromatic heterocycles. The number of aryl methyl sites for hydroxylation is 1. The Labute approximate surface area is 149 Å². The number of hydrogen-bond acceptors (Lipinski definition) is 2. The third kappa shape index (κ3) is 4.44. The normalized spacial score (nSPS) is 21.7. The largest absolute Gasteiger partial charge is 0.322 e. The molecule has 0 amide bonds. The van der Waals surface area contributed by atoms with Gasteiger partial charge < -0.3 is 9.80 Å². The first-order valence-corrected chi connectivity index (χ1v) is 9.01. The van der Waals surface area contributed by atoms with Gasteiger partial charge in [0.05, 0.1) is 4.92 Å². The molecule has 5 nitrogen and oxygen atoms in total. The molecule has 1 atom stereocenters. The number of nitro benzene ring substituents is 1. The molecule has 0 saturated carbocycles. The number of rotatable bonds is 5. The van der Waals surface area contributed by atoms with Crippen LogP contribution in [0.1, 0.15) is 29.7 Å². The Hall–Kier alpha value is -2.24. The van der Waals surface area contributed by atoms with Crippen LogP contribution in [0.4, 0.5) is 5.69 Å². The highest BCUT2D eigenvalue weighted by atomic mass is 16.6. The number of piperazine rings is 1. The van der Waals surface area contributed by atoms with Crippen molar-refractivity contribution in [3.63, 3.8) is 0 Å². The van der Waals surface area contributed by atoms with Gasteiger partial charge in [0, 0.05) is 23.3 Å². The van der Waals surface area contributed by atoms with Gasteiger partial charge in [-0.1, -0.05) is 42.0 Å². The fraction of sp³-hybridized carbons (Fsp3) is 0.400. The van der Waals surface area contributed by atoms with Gasteiger partial charge in [0.25, 0.3) is 5.69 Å². The molecule has 2 aromatic carbocycles. The van der Waals surface area contributed by atoms with Crippen molar-refractivity contribution in [2.24, 2.45) is 0 Å². The van der Waals surface area contributed by atoms with E-state index in [4.69, 9.17) is 0 Å². The molecule has 1 saturated heterocycles. The number of nitro groups is 1. The number of nitrogens with one attached hydrogen (secondary N) is 2. The molecule has 132 valence electrons. The number of benzene rings is 2. The van der Waals surface area contributed by atoms with E-state index in [9.17, 15) is 10.1 Å². The monoisotopic (exact) mass is 341 g/mol. The maximum Gasteiger partial charge on any atom is 0.269 e. The van der Waals surface area contributed by atoms with Gasteiger partial charge in [-0.05, 0) is 13.8 Å². The number of quaternary nitrogens is 2. The molecule has 0 spiro atoms. The standard InChI is InChI=1S/C20H25N3O2/c1-16-5-3-6-18(13-16)15-21-9-11-22(12-10-21)17(2)19-7-4-8-20(14-19)23(24)25/h3-8,13-14,17H,9-12,15H2,1-2H3/p+2/t17-/m1/s1. The summed E-state index contributed by atoms with van der Waals surface area (Å²) in [5.41, 5.74) is 3.98. The highest BCUT2D eigenvalue weighted by Gasteiger charge is 2.28. The molecule has 5 heteroatoms. The zero-order chi connectivity index (χ0) is 17.8. The molecular formula is C20H27N3O2+2. The van der Waals surface area contributed by atoms with Gasteiger partial charge in [-0.15, -0.1) is 0 Å². The summed E-state index contributed by atoms with van der Waals surface area (Å²) in [6.45, 7) is 9.89. The first kappa shape index (κ1) is 17.6. The van der Waals surface area contributed by atoms with E-state index in [2.05, 4.69) is 38.1 Å². The summed E-state index contributed by atoms with van der Waals surface area (Å²) in [6.07, 6.45) is 0. The Bertz CT molecular complexity index is 739. The molecule has 0 aliphatic carbocycles. The quantitative estimate of drug-likeness (QED) is 0.628. The second-order valence-electron chi connectivity index (χ2n) is 7.15. The van der Waals surface area contributed by atoms with Crippen LogP contribution in [0.3, 0.4) is 0 Å². The molecular weight excluding hydrogens is 314 g/mol. The van der Waals surface area contributed by atoms with E-state index in [-0.39, 0.29) is 10.6 Å². The first-order chi connectivity index (χ1) is 12.0. The van der Waals surface area contributed by atoms with Crippen LogP contribution in [-0.4, -0.2) is 31.1 Å². The maximum absolute atomic E-state index is 11.0. The van der Waals surface area contributed by atoms with Gasteiger partial charge in [-0.3, -0.25) is 10.1 Å². The zero-order valence-electron chi connectivity index (χ0n) is 15.0. The van der Waals surface area contributed by atoms with E-state index in [1.807, 2.05) is 6.07 Å². The Morgan fingerprint density at radius 1 is 1.08 bits per heavy atom. The van der Waals surface area contributed by atoms with Crippen molar-refractivity contribution in [1.82, 2.24) is 0 Å². The molecule has 1 heterocycles. The second-order valence-corrected chi connectivity index (χ2v) is 7.15. The van der Waals surface area contributed by atoms with Gasteiger partial charge >= 0.3 is 0 Å². The molecule has 0 bridgehead atoms. The van der Waals surface area contributed by atoms with Crippen LogP contribution in [0.2, 0.25) is 0 Å². The number of non-ortho nitro benzene ring substituents is 1. The highest BCUT2D eigenvalue weighted by Crippen LogP contribution is 2.17. The van der Waals surface area contributed by atoms with Crippen molar-refractivity contribution < 1.29 is 14.7 Å². The lowest BCUT2D eigenvalue weighted by molar-refractivity contribution is -1.03. The van der Waals surface area contributed by atoms with E-state index in [0.717, 1.165) is 38.3 Å². The number of nitrogens with zero attached hydrogens (tertiary/aromatic N) is 1.